The summed E-state index contributed by atoms with van der Waals surface area (Å²) in [4.78, 5) is 26.1. The van der Waals surface area contributed by atoms with Crippen molar-refractivity contribution >= 4 is 46.3 Å². The number of nitrogens with zero attached hydrogens (tertiary/aromatic N) is 1. The molecule has 1 N–H and O–H groups in total. The number of benzene rings is 1. The fourth-order valence-corrected chi connectivity index (χ4v) is 4.20. The second-order valence-electron chi connectivity index (χ2n) is 6.01. The van der Waals surface area contributed by atoms with Crippen LogP contribution in [-0.4, -0.2) is 53.6 Å². The molecule has 28 heavy (non-hydrogen) atoms. The molecular formula is C19H23NO6S2. The highest BCUT2D eigenvalue weighted by molar-refractivity contribution is 8.26. The number of aliphatic carboxylic acids is 1. The Morgan fingerprint density at radius 3 is 2.32 bits per heavy atom. The molecule has 0 saturated carbocycles. The third kappa shape index (κ3) is 4.59. The maximum absolute atomic E-state index is 12.9. The van der Waals surface area contributed by atoms with Crippen LogP contribution >= 0.6 is 24.0 Å². The number of carbonyl (C=O) groups excluding carboxylic acids is 1. The second-order valence-corrected chi connectivity index (χ2v) is 7.68. The second kappa shape index (κ2) is 9.79. The SMILES string of the molecule is CCCCC(C(=O)O)N1C(=O)/C(=C/c2cc(OC)c(OC)c(OC)c2)SC1=S. The van der Waals surface area contributed by atoms with Gasteiger partial charge in [-0.1, -0.05) is 43.7 Å². The van der Waals surface area contributed by atoms with Gasteiger partial charge in [-0.15, -0.1) is 0 Å². The van der Waals surface area contributed by atoms with E-state index in [1.807, 2.05) is 6.92 Å². The van der Waals surface area contributed by atoms with Crippen molar-refractivity contribution in [2.45, 2.75) is 32.2 Å². The van der Waals surface area contributed by atoms with Gasteiger partial charge in [0.15, 0.2) is 11.5 Å². The predicted molar refractivity (Wildman–Crippen MR) is 112 cm³/mol. The molecule has 1 saturated heterocycles. The van der Waals surface area contributed by atoms with Gasteiger partial charge in [0.1, 0.15) is 10.4 Å². The van der Waals surface area contributed by atoms with Gasteiger partial charge in [0, 0.05) is 0 Å². The summed E-state index contributed by atoms with van der Waals surface area (Å²) in [5.74, 6) is -0.115. The highest BCUT2D eigenvalue weighted by atomic mass is 32.2. The largest absolute Gasteiger partial charge is 0.493 e. The Balaban J connectivity index is 2.39. The van der Waals surface area contributed by atoms with Crippen LogP contribution in [0.1, 0.15) is 31.7 Å². The van der Waals surface area contributed by atoms with E-state index in [0.717, 1.165) is 18.2 Å². The van der Waals surface area contributed by atoms with E-state index in [9.17, 15) is 14.7 Å². The van der Waals surface area contributed by atoms with Crippen LogP contribution < -0.4 is 14.2 Å². The Morgan fingerprint density at radius 2 is 1.86 bits per heavy atom. The molecule has 0 spiro atoms. The lowest BCUT2D eigenvalue weighted by atomic mass is 10.1. The normalized spacial score (nSPS) is 16.4. The Kier molecular flexibility index (Phi) is 7.70. The van der Waals surface area contributed by atoms with E-state index in [4.69, 9.17) is 26.4 Å². The number of carboxylic acids is 1. The van der Waals surface area contributed by atoms with Gasteiger partial charge in [0.25, 0.3) is 5.91 Å². The first-order valence-corrected chi connectivity index (χ1v) is 9.90. The topological polar surface area (TPSA) is 85.3 Å². The van der Waals surface area contributed by atoms with Crippen molar-refractivity contribution in [3.63, 3.8) is 0 Å². The number of amides is 1. The Bertz CT molecular complexity index is 783. The van der Waals surface area contributed by atoms with E-state index >= 15 is 0 Å². The number of rotatable bonds is 9. The number of methoxy groups -OCH3 is 3. The zero-order valence-corrected chi connectivity index (χ0v) is 17.8. The van der Waals surface area contributed by atoms with Crippen LogP contribution in [0.2, 0.25) is 0 Å². The van der Waals surface area contributed by atoms with Crippen LogP contribution in [0.25, 0.3) is 6.08 Å². The zero-order valence-electron chi connectivity index (χ0n) is 16.2. The van der Waals surface area contributed by atoms with Gasteiger partial charge >= 0.3 is 5.97 Å². The molecule has 1 atom stereocenters. The minimum absolute atomic E-state index is 0.243. The minimum atomic E-state index is -1.06. The van der Waals surface area contributed by atoms with Gasteiger partial charge in [-0.2, -0.15) is 0 Å². The smallest absolute Gasteiger partial charge is 0.326 e. The molecule has 0 bridgehead atoms. The maximum atomic E-state index is 12.9. The van der Waals surface area contributed by atoms with Crippen molar-refractivity contribution in [2.75, 3.05) is 21.3 Å². The molecule has 1 amide bonds. The van der Waals surface area contributed by atoms with Crippen LogP contribution in [0.5, 0.6) is 17.2 Å². The first-order valence-electron chi connectivity index (χ1n) is 8.67. The number of carbonyl (C=O) groups is 2. The standard InChI is InChI=1S/C19H23NO6S2/c1-5-6-7-12(18(22)23)20-17(21)15(28-19(20)27)10-11-8-13(24-2)16(26-4)14(9-11)25-3/h8-10,12H,5-7H2,1-4H3,(H,22,23)/b15-10-. The van der Waals surface area contributed by atoms with Gasteiger partial charge in [0.2, 0.25) is 5.75 Å². The summed E-state index contributed by atoms with van der Waals surface area (Å²) < 4.78 is 16.2. The lowest BCUT2D eigenvalue weighted by Crippen LogP contribution is -2.43. The lowest BCUT2D eigenvalue weighted by molar-refractivity contribution is -0.145. The molecule has 0 radical (unpaired) electrons. The van der Waals surface area contributed by atoms with Crippen LogP contribution in [-0.2, 0) is 9.59 Å². The number of thioether (sulfide) groups is 1. The fourth-order valence-electron chi connectivity index (χ4n) is 2.85. The molecule has 152 valence electrons. The van der Waals surface area contributed by atoms with Crippen molar-refractivity contribution in [1.29, 1.82) is 0 Å². The summed E-state index contributed by atoms with van der Waals surface area (Å²) in [7, 11) is 4.52. The molecule has 9 heteroatoms. The molecule has 1 fully saturated rings. The summed E-state index contributed by atoms with van der Waals surface area (Å²) in [6, 6.07) is 2.46. The predicted octanol–water partition coefficient (Wildman–Crippen LogP) is 3.56. The summed E-state index contributed by atoms with van der Waals surface area (Å²) >= 11 is 6.37. The Labute approximate surface area is 173 Å². The quantitative estimate of drug-likeness (QED) is 0.475. The van der Waals surface area contributed by atoms with Crippen LogP contribution in [0.15, 0.2) is 17.0 Å². The summed E-state index contributed by atoms with van der Waals surface area (Å²) in [6.45, 7) is 1.97. The van der Waals surface area contributed by atoms with Gasteiger partial charge in [-0.05, 0) is 30.2 Å². The van der Waals surface area contributed by atoms with E-state index in [-0.39, 0.29) is 4.32 Å². The molecule has 1 aliphatic heterocycles. The zero-order chi connectivity index (χ0) is 20.8. The summed E-state index contributed by atoms with van der Waals surface area (Å²) in [6.07, 6.45) is 3.53. The van der Waals surface area contributed by atoms with Crippen LogP contribution in [0, 0.1) is 0 Å². The number of hydrogen-bond donors (Lipinski definition) is 1. The average molecular weight is 426 g/mol. The molecule has 2 rings (SSSR count). The molecule has 1 aromatic rings. The van der Waals surface area contributed by atoms with E-state index in [2.05, 4.69) is 0 Å². The first kappa shape index (κ1) is 22.0. The molecule has 7 nitrogen and oxygen atoms in total. The van der Waals surface area contributed by atoms with Gasteiger partial charge < -0.3 is 19.3 Å². The van der Waals surface area contributed by atoms with Crippen molar-refractivity contribution in [3.05, 3.63) is 22.6 Å². The van der Waals surface area contributed by atoms with Gasteiger partial charge in [-0.3, -0.25) is 9.69 Å². The Morgan fingerprint density at radius 1 is 1.25 bits per heavy atom. The van der Waals surface area contributed by atoms with E-state index in [1.54, 1.807) is 18.2 Å². The average Bonchev–Trinajstić information content (AvgIpc) is 2.94. The number of thiocarbonyl (C=S) groups is 1. The van der Waals surface area contributed by atoms with Crippen molar-refractivity contribution in [3.8, 4) is 17.2 Å². The molecular weight excluding hydrogens is 402 g/mol. The first-order chi connectivity index (χ1) is 13.4. The third-order valence-corrected chi connectivity index (χ3v) is 5.57. The summed E-state index contributed by atoms with van der Waals surface area (Å²) in [5, 5.41) is 9.54. The molecule has 1 aromatic carbocycles. The lowest BCUT2D eigenvalue weighted by Gasteiger charge is -2.22. The van der Waals surface area contributed by atoms with Crippen LogP contribution in [0.3, 0.4) is 0 Å². The fraction of sp³-hybridized carbons (Fsp3) is 0.421. The van der Waals surface area contributed by atoms with E-state index in [0.29, 0.717) is 40.6 Å². The maximum Gasteiger partial charge on any atom is 0.326 e. The van der Waals surface area contributed by atoms with E-state index in [1.165, 1.54) is 26.2 Å². The highest BCUT2D eigenvalue weighted by Gasteiger charge is 2.40. The third-order valence-electron chi connectivity index (χ3n) is 4.24. The number of carboxylic acid groups (broad SMARTS) is 1. The molecule has 1 unspecified atom stereocenters. The highest BCUT2D eigenvalue weighted by Crippen LogP contribution is 2.40. The Hall–Kier alpha value is -2.26. The van der Waals surface area contributed by atoms with E-state index < -0.39 is 17.9 Å². The van der Waals surface area contributed by atoms with Crippen molar-refractivity contribution in [2.24, 2.45) is 0 Å². The molecule has 1 heterocycles. The minimum Gasteiger partial charge on any atom is -0.493 e. The number of ether oxygens (including phenoxy) is 3. The van der Waals surface area contributed by atoms with Gasteiger partial charge in [0.05, 0.1) is 26.2 Å². The van der Waals surface area contributed by atoms with Crippen molar-refractivity contribution in [1.82, 2.24) is 4.90 Å². The van der Waals surface area contributed by atoms with Gasteiger partial charge in [-0.25, -0.2) is 4.79 Å². The number of unbranched alkanes of at least 4 members (excludes halogenated alkanes) is 1. The summed E-state index contributed by atoms with van der Waals surface area (Å²) in [5.41, 5.74) is 0.649. The monoisotopic (exact) mass is 425 g/mol. The number of hydrogen-bond acceptors (Lipinski definition) is 7. The molecule has 0 aromatic heterocycles. The van der Waals surface area contributed by atoms with Crippen molar-refractivity contribution < 1.29 is 28.9 Å². The van der Waals surface area contributed by atoms with Crippen LogP contribution in [0.4, 0.5) is 0 Å². The molecule has 0 aliphatic carbocycles. The molecule has 1 aliphatic rings.